The molecule has 2 saturated carbocycles. The predicted octanol–water partition coefficient (Wildman–Crippen LogP) is 6.52. The van der Waals surface area contributed by atoms with Crippen LogP contribution < -0.4 is 57.3 Å². The van der Waals surface area contributed by atoms with Crippen molar-refractivity contribution in [3.8, 4) is 34.8 Å². The largest absolute Gasteiger partial charge is 0.509 e. The highest BCUT2D eigenvalue weighted by molar-refractivity contribution is 6.13. The van der Waals surface area contributed by atoms with E-state index in [9.17, 15) is 53.5 Å². The van der Waals surface area contributed by atoms with E-state index in [2.05, 4.69) is 67.7 Å². The molecule has 4 unspecified atom stereocenters. The monoisotopic (exact) mass is 1720 g/mol. The van der Waals surface area contributed by atoms with Crippen LogP contribution in [0, 0.1) is 22.7 Å². The smallest absolute Gasteiger partial charge is 0.507 e. The molecule has 10 amide bonds. The number of hydrogen-bond acceptors (Lipinski definition) is 27. The molecule has 8 aliphatic rings. The number of imide groups is 1. The summed E-state index contributed by atoms with van der Waals surface area (Å²) in [4.78, 5) is 155. The van der Waals surface area contributed by atoms with Crippen LogP contribution in [0.4, 0.5) is 32.5 Å². The number of phenolic OH excluding ortho intramolecular Hbond substituents is 1. The Kier molecular flexibility index (Phi) is 28.7. The van der Waals surface area contributed by atoms with Gasteiger partial charge < -0.3 is 95.9 Å². The van der Waals surface area contributed by atoms with E-state index < -0.39 is 95.2 Å². The molecule has 36 nitrogen and oxygen atoms in total. The van der Waals surface area contributed by atoms with Gasteiger partial charge in [0.2, 0.25) is 41.5 Å². The molecule has 0 spiro atoms. The summed E-state index contributed by atoms with van der Waals surface area (Å²) >= 11 is 0. The van der Waals surface area contributed by atoms with Gasteiger partial charge in [0.1, 0.15) is 48.0 Å². The van der Waals surface area contributed by atoms with Crippen LogP contribution in [0.1, 0.15) is 158 Å². The second-order valence-electron chi connectivity index (χ2n) is 34.0. The van der Waals surface area contributed by atoms with Gasteiger partial charge in [0.25, 0.3) is 23.6 Å². The zero-order chi connectivity index (χ0) is 88.0. The Morgan fingerprint density at radius 3 is 2.12 bits per heavy atom. The summed E-state index contributed by atoms with van der Waals surface area (Å²) in [6, 6.07) is 26.1. The van der Waals surface area contributed by atoms with Crippen LogP contribution in [-0.4, -0.2) is 257 Å². The highest BCUT2D eigenvalue weighted by atomic mass is 16.7. The van der Waals surface area contributed by atoms with Gasteiger partial charge in [0.05, 0.1) is 47.8 Å². The molecular formula is C89H111N19O17. The Hall–Kier alpha value is -12.5. The number of nitrogens with one attached hydrogen (secondary N) is 5. The van der Waals surface area contributed by atoms with Crippen molar-refractivity contribution in [2.75, 3.05) is 120 Å². The minimum atomic E-state index is -1.59. The molecule has 3 aromatic heterocycles. The van der Waals surface area contributed by atoms with E-state index in [1.165, 1.54) is 41.3 Å². The number of piperidine rings is 1. The summed E-state index contributed by atoms with van der Waals surface area (Å²) in [6.07, 6.45) is 8.44. The van der Waals surface area contributed by atoms with E-state index in [1.807, 2.05) is 62.3 Å². The Balaban J connectivity index is 0.565. The van der Waals surface area contributed by atoms with E-state index in [0.29, 0.717) is 92.5 Å². The molecule has 10 N–H and O–H groups in total. The van der Waals surface area contributed by atoms with Gasteiger partial charge in [-0.1, -0.05) is 56.7 Å². The first-order valence-electron chi connectivity index (χ1n) is 43.4. The van der Waals surface area contributed by atoms with E-state index in [-0.39, 0.29) is 136 Å². The second-order valence-corrected chi connectivity index (χ2v) is 34.0. The lowest BCUT2D eigenvalue weighted by Crippen LogP contribution is -2.58. The maximum absolute atomic E-state index is 15.3. The van der Waals surface area contributed by atoms with E-state index in [4.69, 9.17) is 39.7 Å². The number of nitriles is 1. The Bertz CT molecular complexity index is 4910. The third kappa shape index (κ3) is 21.7. The number of unbranched alkanes of at least 4 members (excludes halogenated alkanes) is 2. The summed E-state index contributed by atoms with van der Waals surface area (Å²) in [5.74, 6) is -4.16. The predicted molar refractivity (Wildman–Crippen MR) is 456 cm³/mol. The van der Waals surface area contributed by atoms with Gasteiger partial charge >= 0.3 is 12.2 Å². The maximum Gasteiger partial charge on any atom is 0.509 e. The number of benzene rings is 3. The van der Waals surface area contributed by atoms with Gasteiger partial charge in [-0.3, -0.25) is 48.2 Å². The number of pyridine rings is 1. The van der Waals surface area contributed by atoms with Crippen LogP contribution in [-0.2, 0) is 52.6 Å². The van der Waals surface area contributed by atoms with Crippen LogP contribution >= 0.6 is 0 Å². The van der Waals surface area contributed by atoms with Crippen LogP contribution in [0.15, 0.2) is 120 Å². The number of primary amides is 1. The standard InChI is InChI=1S/C89H111N19O17/c1-54(2)78(73-49-75(101-125-73)120-43-42-103-36-28-63(29-37-103)121-64-45-65(46-64)122-74-44-60(27-34-93-74)108-61-23-24-62(108)52-105(51-61)70-48-69(99-100-80(70)91)67-12-6-7-14-72(67)109)83(114)107-53-66(47-71(107)82(113)96-55(3)57-17-15-56(50-90)16-18-57)123-88(119)124-79(84(115)104-40-38-102(4)39-41-104)58-19-21-59(22-20-58)97-81(112)68(13-10-33-95-87(92)118)98-86(117)89(30-11-31-89)85(116)94-32-8-5-9-35-106-76(110)25-26-77(106)111/h6-7,12,14-22,25-27,34,44,48-49,54-55,61-66,68,71,78-79,109H,5,8-11,13,23-24,28-33,35-43,45-47,51-53H2,1-4H3,(H2,91,100)(H,94,116)(H,96,113)(H,97,112)(H,98,117)(H3,92,95,118)/t55-,61?,62?,64-,65-,66+,68-,71-,78?,79?/m0/s1. The molecule has 0 radical (unpaired) electrons. The lowest BCUT2D eigenvalue weighted by atomic mass is 9.67. The van der Waals surface area contributed by atoms with Crippen molar-refractivity contribution in [2.24, 2.45) is 17.1 Å². The van der Waals surface area contributed by atoms with Crippen molar-refractivity contribution in [1.29, 1.82) is 5.26 Å². The third-order valence-electron chi connectivity index (χ3n) is 25.1. The number of piperazine rings is 2. The van der Waals surface area contributed by atoms with Crippen LogP contribution in [0.3, 0.4) is 0 Å². The number of likely N-dealkylation sites (N-methyl/N-ethyl adjacent to an activating group) is 1. The van der Waals surface area contributed by atoms with Crippen molar-refractivity contribution in [2.45, 2.75) is 184 Å². The minimum Gasteiger partial charge on any atom is -0.507 e. The first kappa shape index (κ1) is 88.8. The molecule has 9 heterocycles. The Labute approximate surface area is 724 Å². The van der Waals surface area contributed by atoms with Crippen LogP contribution in [0.25, 0.3) is 11.3 Å². The van der Waals surface area contributed by atoms with Gasteiger partial charge in [-0.25, -0.2) is 14.6 Å². The SMILES string of the molecule is CC(C)C(C(=O)N1C[C@H](OC(=O)OC(C(=O)N2CCN(C)CC2)c2ccc(NC(=O)[C@H](CCCNC(N)=O)NC(=O)C3(C(=O)NCCCCCN4C(=O)C=CC4=O)CCC3)cc2)C[C@H]1C(=O)N[C@@H](C)c1ccc(C#N)cc1)c1cc(OCCN2CCC(O[C@H]3C[C@H](Oc4cc(N5C6CCC5CN(c5cc(-c7ccccc7O)nnc5N)C6)ccn4)C3)CC2)no1. The number of fused-ring (bicyclic) bond motifs is 2. The number of urea groups is 1. The minimum absolute atomic E-state index is 0.0136. The molecule has 2 aliphatic carbocycles. The molecule has 5 saturated heterocycles. The summed E-state index contributed by atoms with van der Waals surface area (Å²) in [6.45, 7) is 11.3. The zero-order valence-corrected chi connectivity index (χ0v) is 70.9. The fraction of sp³-hybridized carbons (Fsp3) is 0.517. The molecule has 2 bridgehead atoms. The molecule has 3 aromatic carbocycles. The van der Waals surface area contributed by atoms with Gasteiger partial charge in [0.15, 0.2) is 11.6 Å². The number of phenols is 1. The Morgan fingerprint density at radius 1 is 0.720 bits per heavy atom. The molecule has 14 rings (SSSR count). The number of aromatic nitrogens is 4. The topological polar surface area (TPSA) is 460 Å². The van der Waals surface area contributed by atoms with Gasteiger partial charge in [-0.2, -0.15) is 5.26 Å². The highest BCUT2D eigenvalue weighted by Crippen LogP contribution is 2.44. The molecule has 36 heteroatoms. The number of carbonyl (C=O) groups excluding carboxylic acids is 10. The fourth-order valence-corrected chi connectivity index (χ4v) is 17.8. The number of aromatic hydroxyl groups is 1. The van der Waals surface area contributed by atoms with Gasteiger partial charge in [-0.05, 0) is 150 Å². The summed E-state index contributed by atoms with van der Waals surface area (Å²) < 4.78 is 37.2. The van der Waals surface area contributed by atoms with E-state index >= 15 is 4.79 Å². The summed E-state index contributed by atoms with van der Waals surface area (Å²) in [5.41, 5.74) is 14.9. The molecule has 664 valence electrons. The number of rotatable bonds is 36. The number of nitrogens with two attached hydrogens (primary N) is 2. The molecule has 125 heavy (non-hydrogen) atoms. The lowest BCUT2D eigenvalue weighted by Gasteiger charge is -2.43. The number of likely N-dealkylation sites (tertiary alicyclic amines) is 2. The maximum atomic E-state index is 15.3. The number of amides is 10. The van der Waals surface area contributed by atoms with Crippen LogP contribution in [0.5, 0.6) is 17.5 Å². The van der Waals surface area contributed by atoms with Crippen molar-refractivity contribution < 1.29 is 81.3 Å². The van der Waals surface area contributed by atoms with Crippen molar-refractivity contribution in [1.82, 2.24) is 66.1 Å². The lowest BCUT2D eigenvalue weighted by molar-refractivity contribution is -0.151. The van der Waals surface area contributed by atoms with Crippen molar-refractivity contribution in [3.05, 3.63) is 138 Å². The average molecular weight is 1720 g/mol. The van der Waals surface area contributed by atoms with E-state index in [1.54, 1.807) is 54.3 Å². The highest BCUT2D eigenvalue weighted by Gasteiger charge is 2.52. The Morgan fingerprint density at radius 2 is 1.43 bits per heavy atom. The second kappa shape index (κ2) is 40.4. The summed E-state index contributed by atoms with van der Waals surface area (Å²) in [7, 11) is 1.92. The molecule has 6 aromatic rings. The number of hydrogen-bond donors (Lipinski definition) is 8. The van der Waals surface area contributed by atoms with E-state index in [0.717, 1.165) is 81.0 Å². The molecule has 6 aliphatic heterocycles. The number of para-hydroxylation sites is 1. The van der Waals surface area contributed by atoms with Gasteiger partial charge in [0, 0.05) is 163 Å². The normalized spacial score (nSPS) is 21.5. The molecule has 8 atom stereocenters. The number of nitrogens with zero attached hydrogens (tertiary/aromatic N) is 12. The van der Waals surface area contributed by atoms with Gasteiger partial charge in [-0.15, -0.1) is 10.2 Å². The molecule has 7 fully saturated rings. The fourth-order valence-electron chi connectivity index (χ4n) is 17.8. The van der Waals surface area contributed by atoms with Crippen molar-refractivity contribution in [3.63, 3.8) is 0 Å². The summed E-state index contributed by atoms with van der Waals surface area (Å²) in [5, 5.41) is 46.8. The quantitative estimate of drug-likeness (QED) is 0.00897. The van der Waals surface area contributed by atoms with Crippen molar-refractivity contribution >= 4 is 82.3 Å². The first-order chi connectivity index (χ1) is 60.3. The molecular weight excluding hydrogens is 1610 g/mol. The number of ether oxygens (including phenoxy) is 5. The van der Waals surface area contributed by atoms with Crippen LogP contribution in [0.2, 0.25) is 0 Å². The first-order valence-corrected chi connectivity index (χ1v) is 43.4. The third-order valence-corrected chi connectivity index (χ3v) is 25.1. The average Bonchev–Trinajstić information content (AvgIpc) is 0.921. The number of anilines is 4. The number of nitrogen functional groups attached to an aromatic ring is 1. The zero-order valence-electron chi connectivity index (χ0n) is 70.9. The number of carbonyl (C=O) groups is 10.